The first-order valence-corrected chi connectivity index (χ1v) is 5.81. The quantitative estimate of drug-likeness (QED) is 0.738. The van der Waals surface area contributed by atoms with Gasteiger partial charge in [-0.25, -0.2) is 0 Å². The minimum Gasteiger partial charge on any atom is -0.494 e. The molecule has 0 radical (unpaired) electrons. The van der Waals surface area contributed by atoms with Gasteiger partial charge in [0.1, 0.15) is 0 Å². The first kappa shape index (κ1) is 13.5. The number of carbonyl (C=O) groups excluding carboxylic acids is 2. The molecule has 3 N–H and O–H groups in total. The number of ketones is 1. The van der Waals surface area contributed by atoms with Crippen molar-refractivity contribution >= 4 is 17.4 Å². The van der Waals surface area contributed by atoms with Crippen LogP contribution in [0.2, 0.25) is 0 Å². The number of nitrogens with one attached hydrogen (secondary N) is 2. The highest BCUT2D eigenvalue weighted by atomic mass is 16.3. The van der Waals surface area contributed by atoms with E-state index in [1.165, 1.54) is 6.92 Å². The zero-order chi connectivity index (χ0) is 14.7. The first-order valence-electron chi connectivity index (χ1n) is 5.81. The number of hydrogen-bond acceptors (Lipinski definition) is 4. The van der Waals surface area contributed by atoms with E-state index in [1.807, 2.05) is 0 Å². The number of hydrogen-bond donors (Lipinski definition) is 3. The van der Waals surface area contributed by atoms with Gasteiger partial charge in [0, 0.05) is 23.4 Å². The van der Waals surface area contributed by atoms with E-state index in [0.717, 1.165) is 12.1 Å². The predicted molar refractivity (Wildman–Crippen MR) is 73.1 cm³/mol. The molecule has 20 heavy (non-hydrogen) atoms. The van der Waals surface area contributed by atoms with E-state index in [2.05, 4.69) is 10.3 Å². The highest BCUT2D eigenvalue weighted by Gasteiger charge is 2.09. The number of rotatable bonds is 3. The number of H-pyrrole nitrogens is 1. The van der Waals surface area contributed by atoms with Gasteiger partial charge in [0.05, 0.1) is 5.56 Å². The van der Waals surface area contributed by atoms with Crippen LogP contribution in [-0.4, -0.2) is 21.8 Å². The van der Waals surface area contributed by atoms with Gasteiger partial charge >= 0.3 is 0 Å². The predicted octanol–water partition coefficient (Wildman–Crippen LogP) is 1.54. The molecule has 6 heteroatoms. The molecule has 1 amide bonds. The van der Waals surface area contributed by atoms with Gasteiger partial charge in [-0.05, 0) is 31.2 Å². The molecule has 1 aromatic heterocycles. The van der Waals surface area contributed by atoms with Crippen molar-refractivity contribution in [2.75, 3.05) is 5.32 Å². The number of aromatic amines is 1. The van der Waals surface area contributed by atoms with Crippen LogP contribution in [0.5, 0.6) is 5.88 Å². The molecule has 0 unspecified atom stereocenters. The number of carbonyl (C=O) groups is 2. The van der Waals surface area contributed by atoms with E-state index in [-0.39, 0.29) is 17.2 Å². The van der Waals surface area contributed by atoms with E-state index in [0.29, 0.717) is 11.3 Å². The Labute approximate surface area is 114 Å². The van der Waals surface area contributed by atoms with Crippen LogP contribution in [0.1, 0.15) is 27.6 Å². The van der Waals surface area contributed by atoms with E-state index in [4.69, 9.17) is 0 Å². The molecule has 0 bridgehead atoms. The lowest BCUT2D eigenvalue weighted by molar-refractivity contribution is 0.101. The number of pyridine rings is 1. The summed E-state index contributed by atoms with van der Waals surface area (Å²) in [6, 6.07) is 8.59. The van der Waals surface area contributed by atoms with Gasteiger partial charge in [-0.15, -0.1) is 0 Å². The Morgan fingerprint density at radius 1 is 1.10 bits per heavy atom. The minimum atomic E-state index is -0.568. The van der Waals surface area contributed by atoms with E-state index >= 15 is 0 Å². The molecule has 0 spiro atoms. The molecular formula is C14H12N2O4. The molecule has 2 rings (SSSR count). The Morgan fingerprint density at radius 2 is 1.75 bits per heavy atom. The summed E-state index contributed by atoms with van der Waals surface area (Å²) in [5.74, 6) is -0.973. The fourth-order valence-electron chi connectivity index (χ4n) is 1.65. The summed E-state index contributed by atoms with van der Waals surface area (Å²) in [5, 5.41) is 11.8. The summed E-state index contributed by atoms with van der Waals surface area (Å²) in [7, 11) is 0. The number of Topliss-reactive ketones (excluding diaryl/α,β-unsaturated/α-hetero) is 1. The largest absolute Gasteiger partial charge is 0.494 e. The van der Waals surface area contributed by atoms with Gasteiger partial charge in [0.15, 0.2) is 11.7 Å². The van der Waals surface area contributed by atoms with Crippen molar-refractivity contribution < 1.29 is 14.7 Å². The van der Waals surface area contributed by atoms with E-state index in [1.54, 1.807) is 24.3 Å². The van der Waals surface area contributed by atoms with Crippen molar-refractivity contribution in [3.8, 4) is 5.88 Å². The second kappa shape index (κ2) is 5.40. The third-order valence-corrected chi connectivity index (χ3v) is 2.64. The summed E-state index contributed by atoms with van der Waals surface area (Å²) in [4.78, 5) is 36.3. The lowest BCUT2D eigenvalue weighted by Crippen LogP contribution is -2.15. The van der Waals surface area contributed by atoms with Crippen LogP contribution in [-0.2, 0) is 0 Å². The third-order valence-electron chi connectivity index (χ3n) is 2.64. The van der Waals surface area contributed by atoms with Gasteiger partial charge in [-0.2, -0.15) is 0 Å². The maximum atomic E-state index is 11.9. The molecular weight excluding hydrogens is 260 g/mol. The van der Waals surface area contributed by atoms with Gasteiger partial charge in [-0.3, -0.25) is 19.4 Å². The van der Waals surface area contributed by atoms with Crippen LogP contribution >= 0.6 is 0 Å². The molecule has 1 heterocycles. The van der Waals surface area contributed by atoms with Gasteiger partial charge in [0.25, 0.3) is 11.5 Å². The Morgan fingerprint density at radius 3 is 2.30 bits per heavy atom. The van der Waals surface area contributed by atoms with Crippen molar-refractivity contribution in [3.63, 3.8) is 0 Å². The number of aromatic nitrogens is 1. The standard InChI is InChI=1S/C14H12N2O4/c1-8(17)9-2-4-11(5-3-9)15-14(20)10-6-12(18)16-13(19)7-10/h2-7H,1H3,(H,15,20)(H2,16,18,19). The number of anilines is 1. The second-order valence-electron chi connectivity index (χ2n) is 4.21. The Bertz CT molecular complexity index is 717. The number of amides is 1. The average Bonchev–Trinajstić information content (AvgIpc) is 2.38. The lowest BCUT2D eigenvalue weighted by Gasteiger charge is -2.05. The highest BCUT2D eigenvalue weighted by molar-refractivity contribution is 6.04. The van der Waals surface area contributed by atoms with Crippen molar-refractivity contribution in [1.82, 2.24) is 4.98 Å². The summed E-state index contributed by atoms with van der Waals surface area (Å²) >= 11 is 0. The Hall–Kier alpha value is -2.89. The molecule has 0 aliphatic heterocycles. The monoisotopic (exact) mass is 272 g/mol. The normalized spacial score (nSPS) is 10.1. The fraction of sp³-hybridized carbons (Fsp3) is 0.0714. The highest BCUT2D eigenvalue weighted by Crippen LogP contribution is 2.12. The zero-order valence-corrected chi connectivity index (χ0v) is 10.6. The number of aromatic hydroxyl groups is 1. The lowest BCUT2D eigenvalue weighted by atomic mass is 10.1. The van der Waals surface area contributed by atoms with Gasteiger partial charge in [0.2, 0.25) is 0 Å². The summed E-state index contributed by atoms with van der Waals surface area (Å²) < 4.78 is 0. The maximum absolute atomic E-state index is 11.9. The molecule has 0 fully saturated rings. The third kappa shape index (κ3) is 3.11. The van der Waals surface area contributed by atoms with Crippen molar-refractivity contribution in [2.45, 2.75) is 6.92 Å². The molecule has 0 saturated carbocycles. The molecule has 0 aliphatic rings. The summed E-state index contributed by atoms with van der Waals surface area (Å²) in [5.41, 5.74) is 0.501. The Kier molecular flexibility index (Phi) is 3.65. The Balaban J connectivity index is 2.19. The van der Waals surface area contributed by atoms with E-state index in [9.17, 15) is 19.5 Å². The molecule has 2 aromatic rings. The van der Waals surface area contributed by atoms with Gasteiger partial charge in [-0.1, -0.05) is 0 Å². The van der Waals surface area contributed by atoms with Crippen LogP contribution in [0.4, 0.5) is 5.69 Å². The zero-order valence-electron chi connectivity index (χ0n) is 10.6. The smallest absolute Gasteiger partial charge is 0.256 e. The maximum Gasteiger partial charge on any atom is 0.256 e. The molecule has 6 nitrogen and oxygen atoms in total. The summed E-state index contributed by atoms with van der Waals surface area (Å²) in [6.07, 6.45) is 0. The van der Waals surface area contributed by atoms with Crippen LogP contribution in [0.3, 0.4) is 0 Å². The topological polar surface area (TPSA) is 99.3 Å². The van der Waals surface area contributed by atoms with Gasteiger partial charge < -0.3 is 10.4 Å². The van der Waals surface area contributed by atoms with E-state index < -0.39 is 11.5 Å². The number of benzene rings is 1. The molecule has 0 saturated heterocycles. The summed E-state index contributed by atoms with van der Waals surface area (Å²) in [6.45, 7) is 1.45. The van der Waals surface area contributed by atoms with Crippen molar-refractivity contribution in [3.05, 3.63) is 57.9 Å². The van der Waals surface area contributed by atoms with Crippen LogP contribution in [0, 0.1) is 0 Å². The minimum absolute atomic E-state index is 0.0434. The van der Waals surface area contributed by atoms with Crippen molar-refractivity contribution in [2.24, 2.45) is 0 Å². The van der Waals surface area contributed by atoms with Crippen molar-refractivity contribution in [1.29, 1.82) is 0 Å². The molecule has 1 aromatic carbocycles. The van der Waals surface area contributed by atoms with Crippen LogP contribution < -0.4 is 10.9 Å². The SMILES string of the molecule is CC(=O)c1ccc(NC(=O)c2cc(O)[nH]c(=O)c2)cc1. The first-order chi connectivity index (χ1) is 9.45. The fourth-order valence-corrected chi connectivity index (χ4v) is 1.65. The second-order valence-corrected chi connectivity index (χ2v) is 4.21. The average molecular weight is 272 g/mol. The molecule has 0 aliphatic carbocycles. The van der Waals surface area contributed by atoms with Crippen LogP contribution in [0.15, 0.2) is 41.2 Å². The van der Waals surface area contributed by atoms with Crippen LogP contribution in [0.25, 0.3) is 0 Å². The molecule has 102 valence electrons. The molecule has 0 atom stereocenters.